The molecule has 0 radical (unpaired) electrons. The van der Waals surface area contributed by atoms with Gasteiger partial charge in [-0.2, -0.15) is 18.3 Å². The first kappa shape index (κ1) is 18.0. The Morgan fingerprint density at radius 3 is 2.63 bits per heavy atom. The van der Waals surface area contributed by atoms with E-state index in [0.717, 1.165) is 66.9 Å². The number of benzene rings is 1. The molecule has 0 aliphatic heterocycles. The van der Waals surface area contributed by atoms with E-state index in [1.807, 2.05) is 6.07 Å². The topological polar surface area (TPSA) is 41.6 Å². The van der Waals surface area contributed by atoms with E-state index in [1.165, 1.54) is 12.1 Å². The molecule has 0 spiro atoms. The molecule has 0 unspecified atom stereocenters. The number of aryl methyl sites for hydroxylation is 1. The molecule has 27 heavy (non-hydrogen) atoms. The minimum Gasteiger partial charge on any atom is -0.341 e. The second kappa shape index (κ2) is 6.98. The molecule has 1 aliphatic carbocycles. The highest BCUT2D eigenvalue weighted by molar-refractivity contribution is 5.96. The zero-order chi connectivity index (χ0) is 19.0. The molecule has 1 fully saturated rings. The van der Waals surface area contributed by atoms with E-state index < -0.39 is 11.7 Å². The number of halogens is 3. The average molecular weight is 373 g/mol. The van der Waals surface area contributed by atoms with Crippen molar-refractivity contribution in [3.8, 4) is 11.1 Å². The fourth-order valence-corrected chi connectivity index (χ4v) is 3.57. The van der Waals surface area contributed by atoms with Gasteiger partial charge >= 0.3 is 6.18 Å². The summed E-state index contributed by atoms with van der Waals surface area (Å²) >= 11 is 0. The van der Waals surface area contributed by atoms with E-state index in [1.54, 1.807) is 6.07 Å². The summed E-state index contributed by atoms with van der Waals surface area (Å²) in [6.07, 6.45) is 1.87. The van der Waals surface area contributed by atoms with Crippen LogP contribution in [0.5, 0.6) is 0 Å². The van der Waals surface area contributed by atoms with Gasteiger partial charge in [-0.05, 0) is 55.4 Å². The maximum atomic E-state index is 13.2. The summed E-state index contributed by atoms with van der Waals surface area (Å²) < 4.78 is 39.6. The zero-order valence-corrected chi connectivity index (χ0v) is 15.2. The first-order valence-corrected chi connectivity index (χ1v) is 9.53. The van der Waals surface area contributed by atoms with Gasteiger partial charge in [0, 0.05) is 16.6 Å². The third kappa shape index (κ3) is 3.70. The van der Waals surface area contributed by atoms with Crippen LogP contribution in [0.15, 0.2) is 30.3 Å². The quantitative estimate of drug-likeness (QED) is 0.519. The summed E-state index contributed by atoms with van der Waals surface area (Å²) in [6.45, 7) is 2.15. The molecule has 1 aromatic carbocycles. The standard InChI is InChI=1S/C21H22F3N3/c1-2-3-4-8-16-12-17-18(14-6-5-7-15(11-14)21(22,23)24)19(13-9-10-13)25-20(17)27-26-16/h5-7,11-13H,2-4,8-10H2,1H3,(H,25,27). The molecular weight excluding hydrogens is 351 g/mol. The van der Waals surface area contributed by atoms with Crippen molar-refractivity contribution in [3.63, 3.8) is 0 Å². The Labute approximate surface area is 156 Å². The number of aromatic amines is 1. The Morgan fingerprint density at radius 1 is 1.11 bits per heavy atom. The van der Waals surface area contributed by atoms with Crippen LogP contribution >= 0.6 is 0 Å². The van der Waals surface area contributed by atoms with Crippen LogP contribution in [0.4, 0.5) is 13.2 Å². The van der Waals surface area contributed by atoms with Crippen LogP contribution in [-0.2, 0) is 12.6 Å². The molecular formula is C21H22F3N3. The number of nitrogens with zero attached hydrogens (tertiary/aromatic N) is 2. The molecule has 0 amide bonds. The lowest BCUT2D eigenvalue weighted by molar-refractivity contribution is -0.137. The fourth-order valence-electron chi connectivity index (χ4n) is 3.57. The number of hydrogen-bond donors (Lipinski definition) is 1. The first-order valence-electron chi connectivity index (χ1n) is 9.53. The van der Waals surface area contributed by atoms with Crippen molar-refractivity contribution < 1.29 is 13.2 Å². The van der Waals surface area contributed by atoms with Gasteiger partial charge in [0.1, 0.15) is 0 Å². The van der Waals surface area contributed by atoms with Crippen LogP contribution in [0.25, 0.3) is 22.2 Å². The predicted octanol–water partition coefficient (Wildman–Crippen LogP) is 6.25. The zero-order valence-electron chi connectivity index (χ0n) is 15.2. The molecule has 0 atom stereocenters. The van der Waals surface area contributed by atoms with Gasteiger partial charge in [0.25, 0.3) is 0 Å². The van der Waals surface area contributed by atoms with Crippen molar-refractivity contribution in [2.45, 2.75) is 57.5 Å². The lowest BCUT2D eigenvalue weighted by Crippen LogP contribution is -2.04. The summed E-state index contributed by atoms with van der Waals surface area (Å²) in [5, 5.41) is 9.50. The molecule has 1 aliphatic rings. The largest absolute Gasteiger partial charge is 0.416 e. The van der Waals surface area contributed by atoms with Crippen LogP contribution in [0.2, 0.25) is 0 Å². The van der Waals surface area contributed by atoms with Gasteiger partial charge in [0.05, 0.1) is 11.3 Å². The SMILES string of the molecule is CCCCCc1cc2c(-c3cccc(C(F)(F)F)c3)c(C3CC3)[nH]c2nn1. The Morgan fingerprint density at radius 2 is 1.93 bits per heavy atom. The van der Waals surface area contributed by atoms with Gasteiger partial charge in [0.2, 0.25) is 0 Å². The third-order valence-corrected chi connectivity index (χ3v) is 5.14. The maximum Gasteiger partial charge on any atom is 0.416 e. The van der Waals surface area contributed by atoms with Crippen molar-refractivity contribution in [3.05, 3.63) is 47.3 Å². The average Bonchev–Trinajstić information content (AvgIpc) is 3.42. The van der Waals surface area contributed by atoms with E-state index in [0.29, 0.717) is 17.1 Å². The molecule has 1 saturated carbocycles. The number of unbranched alkanes of at least 4 members (excludes halogenated alkanes) is 2. The minimum absolute atomic E-state index is 0.368. The Bertz CT molecular complexity index is 955. The number of nitrogens with one attached hydrogen (secondary N) is 1. The molecule has 4 rings (SSSR count). The summed E-state index contributed by atoms with van der Waals surface area (Å²) in [7, 11) is 0. The molecule has 0 bridgehead atoms. The van der Waals surface area contributed by atoms with Gasteiger partial charge in [-0.15, -0.1) is 5.10 Å². The minimum atomic E-state index is -4.35. The number of alkyl halides is 3. The van der Waals surface area contributed by atoms with Crippen molar-refractivity contribution in [2.24, 2.45) is 0 Å². The molecule has 1 N–H and O–H groups in total. The van der Waals surface area contributed by atoms with Crippen LogP contribution in [0, 0.1) is 0 Å². The fraction of sp³-hybridized carbons (Fsp3) is 0.429. The van der Waals surface area contributed by atoms with Crippen molar-refractivity contribution in [1.82, 2.24) is 15.2 Å². The van der Waals surface area contributed by atoms with Gasteiger partial charge < -0.3 is 4.98 Å². The van der Waals surface area contributed by atoms with E-state index in [4.69, 9.17) is 0 Å². The smallest absolute Gasteiger partial charge is 0.341 e. The molecule has 3 aromatic rings. The van der Waals surface area contributed by atoms with E-state index >= 15 is 0 Å². The van der Waals surface area contributed by atoms with Gasteiger partial charge in [0.15, 0.2) is 5.65 Å². The predicted molar refractivity (Wildman–Crippen MR) is 99.5 cm³/mol. The highest BCUT2D eigenvalue weighted by atomic mass is 19.4. The van der Waals surface area contributed by atoms with E-state index in [2.05, 4.69) is 22.1 Å². The Kier molecular flexibility index (Phi) is 4.66. The Balaban J connectivity index is 1.82. The van der Waals surface area contributed by atoms with Crippen LogP contribution in [0.1, 0.15) is 61.9 Å². The van der Waals surface area contributed by atoms with E-state index in [9.17, 15) is 13.2 Å². The van der Waals surface area contributed by atoms with Gasteiger partial charge in [-0.1, -0.05) is 31.9 Å². The van der Waals surface area contributed by atoms with Gasteiger partial charge in [-0.3, -0.25) is 0 Å². The second-order valence-electron chi connectivity index (χ2n) is 7.32. The normalized spacial score (nSPS) is 14.8. The molecule has 2 heterocycles. The number of aromatic nitrogens is 3. The van der Waals surface area contributed by atoms with Crippen molar-refractivity contribution >= 4 is 11.0 Å². The monoisotopic (exact) mass is 373 g/mol. The lowest BCUT2D eigenvalue weighted by Gasteiger charge is -2.10. The molecule has 6 heteroatoms. The third-order valence-electron chi connectivity index (χ3n) is 5.14. The molecule has 142 valence electrons. The summed E-state index contributed by atoms with van der Waals surface area (Å²) in [5.74, 6) is 0.368. The Hall–Kier alpha value is -2.37. The first-order chi connectivity index (χ1) is 13.0. The second-order valence-corrected chi connectivity index (χ2v) is 7.32. The van der Waals surface area contributed by atoms with Gasteiger partial charge in [-0.25, -0.2) is 0 Å². The molecule has 0 saturated heterocycles. The highest BCUT2D eigenvalue weighted by Gasteiger charge is 2.33. The number of H-pyrrole nitrogens is 1. The molecule has 3 nitrogen and oxygen atoms in total. The number of rotatable bonds is 6. The number of hydrogen-bond acceptors (Lipinski definition) is 2. The summed E-state index contributed by atoms with van der Waals surface area (Å²) in [6, 6.07) is 7.58. The van der Waals surface area contributed by atoms with Crippen LogP contribution < -0.4 is 0 Å². The summed E-state index contributed by atoms with van der Waals surface area (Å²) in [4.78, 5) is 3.32. The maximum absolute atomic E-state index is 13.2. The highest BCUT2D eigenvalue weighted by Crippen LogP contribution is 2.47. The van der Waals surface area contributed by atoms with Crippen LogP contribution in [0.3, 0.4) is 0 Å². The van der Waals surface area contributed by atoms with Crippen LogP contribution in [-0.4, -0.2) is 15.2 Å². The number of fused-ring (bicyclic) bond motifs is 1. The van der Waals surface area contributed by atoms with Crippen molar-refractivity contribution in [1.29, 1.82) is 0 Å². The van der Waals surface area contributed by atoms with E-state index in [-0.39, 0.29) is 0 Å². The lowest BCUT2D eigenvalue weighted by atomic mass is 9.98. The molecule has 2 aromatic heterocycles. The summed E-state index contributed by atoms with van der Waals surface area (Å²) in [5.41, 5.74) is 3.36. The van der Waals surface area contributed by atoms with Crippen molar-refractivity contribution in [2.75, 3.05) is 0 Å².